The molecule has 0 unspecified atom stereocenters. The highest BCUT2D eigenvalue weighted by atomic mass is 79.9. The Labute approximate surface area is 127 Å². The molecule has 20 heavy (non-hydrogen) atoms. The predicted molar refractivity (Wildman–Crippen MR) is 77.8 cm³/mol. The molecule has 0 aliphatic carbocycles. The predicted octanol–water partition coefficient (Wildman–Crippen LogP) is 4.56. The van der Waals surface area contributed by atoms with Gasteiger partial charge in [0, 0.05) is 16.3 Å². The first-order valence-electron chi connectivity index (χ1n) is 5.65. The van der Waals surface area contributed by atoms with Gasteiger partial charge in [-0.25, -0.2) is 8.78 Å². The van der Waals surface area contributed by atoms with Gasteiger partial charge in [-0.15, -0.1) is 0 Å². The van der Waals surface area contributed by atoms with Gasteiger partial charge in [-0.1, -0.05) is 17.7 Å². The fraction of sp³-hybridized carbons (Fsp3) is 0.0714. The second-order valence-electron chi connectivity index (χ2n) is 4.05. The molecule has 6 heteroatoms. The molecule has 0 heterocycles. The number of halogens is 4. The number of hydrogen-bond donors (Lipinski definition) is 1. The summed E-state index contributed by atoms with van der Waals surface area (Å²) in [4.78, 5) is 11.8. The minimum absolute atomic E-state index is 0.115. The lowest BCUT2D eigenvalue weighted by Gasteiger charge is -2.08. The van der Waals surface area contributed by atoms with Crippen molar-refractivity contribution in [3.63, 3.8) is 0 Å². The van der Waals surface area contributed by atoms with Crippen molar-refractivity contribution < 1.29 is 13.6 Å². The van der Waals surface area contributed by atoms with Crippen molar-refractivity contribution in [3.05, 3.63) is 63.1 Å². The lowest BCUT2D eigenvalue weighted by molar-refractivity contribution is -0.115. The summed E-state index contributed by atoms with van der Waals surface area (Å²) >= 11 is 8.85. The number of benzene rings is 2. The van der Waals surface area contributed by atoms with E-state index in [0.29, 0.717) is 10.2 Å². The Kier molecular flexibility index (Phi) is 4.73. The van der Waals surface area contributed by atoms with Crippen molar-refractivity contribution >= 4 is 39.1 Å². The monoisotopic (exact) mass is 359 g/mol. The van der Waals surface area contributed by atoms with Crippen LogP contribution in [0.3, 0.4) is 0 Å². The summed E-state index contributed by atoms with van der Waals surface area (Å²) in [6.07, 6.45) is -0.219. The molecule has 1 amide bonds. The molecule has 2 aromatic rings. The Morgan fingerprint density at radius 1 is 1.20 bits per heavy atom. The van der Waals surface area contributed by atoms with E-state index in [1.54, 1.807) is 0 Å². The van der Waals surface area contributed by atoms with Crippen molar-refractivity contribution in [2.45, 2.75) is 6.42 Å². The van der Waals surface area contributed by atoms with Crippen LogP contribution in [0.25, 0.3) is 0 Å². The van der Waals surface area contributed by atoms with E-state index in [9.17, 15) is 13.6 Å². The minimum Gasteiger partial charge on any atom is -0.326 e. The number of carbonyl (C=O) groups excluding carboxylic acids is 1. The summed E-state index contributed by atoms with van der Waals surface area (Å²) in [5, 5.41) is 2.67. The summed E-state index contributed by atoms with van der Waals surface area (Å²) in [7, 11) is 0. The number of anilines is 1. The summed E-state index contributed by atoms with van der Waals surface area (Å²) in [6.45, 7) is 0. The molecular weight excluding hydrogens is 352 g/mol. The minimum atomic E-state index is -0.547. The molecule has 0 aromatic heterocycles. The van der Waals surface area contributed by atoms with Gasteiger partial charge in [0.15, 0.2) is 0 Å². The van der Waals surface area contributed by atoms with Crippen molar-refractivity contribution in [2.24, 2.45) is 0 Å². The highest BCUT2D eigenvalue weighted by Crippen LogP contribution is 2.22. The molecular formula is C14H9BrClF2NO. The topological polar surface area (TPSA) is 29.1 Å². The molecule has 104 valence electrons. The van der Waals surface area contributed by atoms with Gasteiger partial charge in [-0.3, -0.25) is 4.79 Å². The number of nitrogens with one attached hydrogen (secondary N) is 1. The van der Waals surface area contributed by atoms with Crippen LogP contribution < -0.4 is 5.32 Å². The maximum Gasteiger partial charge on any atom is 0.228 e. The van der Waals surface area contributed by atoms with Crippen LogP contribution in [0.4, 0.5) is 14.5 Å². The lowest BCUT2D eigenvalue weighted by atomic mass is 10.1. The number of amides is 1. The largest absolute Gasteiger partial charge is 0.326 e. The van der Waals surface area contributed by atoms with Crippen molar-refractivity contribution in [1.29, 1.82) is 0 Å². The fourth-order valence-corrected chi connectivity index (χ4v) is 2.12. The second kappa shape index (κ2) is 6.33. The SMILES string of the molecule is O=C(Cc1c(F)cccc1Cl)Nc1ccc(Br)c(F)c1. The fourth-order valence-electron chi connectivity index (χ4n) is 1.64. The van der Waals surface area contributed by atoms with Gasteiger partial charge in [-0.05, 0) is 46.3 Å². The smallest absolute Gasteiger partial charge is 0.228 e. The molecule has 0 fully saturated rings. The average molecular weight is 361 g/mol. The zero-order valence-electron chi connectivity index (χ0n) is 10.1. The molecule has 0 aliphatic rings. The molecule has 0 bridgehead atoms. The van der Waals surface area contributed by atoms with Crippen molar-refractivity contribution in [1.82, 2.24) is 0 Å². The summed E-state index contributed by atoms with van der Waals surface area (Å²) in [6, 6.07) is 8.38. The quantitative estimate of drug-likeness (QED) is 0.854. The summed E-state index contributed by atoms with van der Waals surface area (Å²) in [5.74, 6) is -1.51. The molecule has 2 rings (SSSR count). The van der Waals surface area contributed by atoms with E-state index in [2.05, 4.69) is 21.2 Å². The third kappa shape index (κ3) is 3.55. The normalized spacial score (nSPS) is 10.4. The maximum absolute atomic E-state index is 13.5. The van der Waals surface area contributed by atoms with E-state index in [0.717, 1.165) is 0 Å². The van der Waals surface area contributed by atoms with Crippen LogP contribution in [-0.4, -0.2) is 5.91 Å². The molecule has 0 spiro atoms. The van der Waals surface area contributed by atoms with Crippen LogP contribution >= 0.6 is 27.5 Å². The van der Waals surface area contributed by atoms with Crippen LogP contribution in [-0.2, 0) is 11.2 Å². The zero-order chi connectivity index (χ0) is 14.7. The van der Waals surface area contributed by atoms with Gasteiger partial charge in [0.05, 0.1) is 10.9 Å². The van der Waals surface area contributed by atoms with E-state index in [1.807, 2.05) is 0 Å². The Morgan fingerprint density at radius 3 is 2.60 bits per heavy atom. The Hall–Kier alpha value is -1.46. The first-order chi connectivity index (χ1) is 9.47. The Balaban J connectivity index is 2.11. The van der Waals surface area contributed by atoms with E-state index in [4.69, 9.17) is 11.6 Å². The Bertz CT molecular complexity index is 643. The van der Waals surface area contributed by atoms with Gasteiger partial charge in [0.1, 0.15) is 11.6 Å². The molecule has 2 nitrogen and oxygen atoms in total. The second-order valence-corrected chi connectivity index (χ2v) is 5.32. The highest BCUT2D eigenvalue weighted by molar-refractivity contribution is 9.10. The first-order valence-corrected chi connectivity index (χ1v) is 6.82. The van der Waals surface area contributed by atoms with Gasteiger partial charge < -0.3 is 5.32 Å². The van der Waals surface area contributed by atoms with Crippen LogP contribution in [0.15, 0.2) is 40.9 Å². The molecule has 0 saturated heterocycles. The maximum atomic E-state index is 13.5. The van der Waals surface area contributed by atoms with Crippen LogP contribution in [0.2, 0.25) is 5.02 Å². The van der Waals surface area contributed by atoms with Gasteiger partial charge in [0.2, 0.25) is 5.91 Å². The van der Waals surface area contributed by atoms with Gasteiger partial charge in [-0.2, -0.15) is 0 Å². The van der Waals surface area contributed by atoms with Crippen molar-refractivity contribution in [3.8, 4) is 0 Å². The first kappa shape index (κ1) is 14.9. The van der Waals surface area contributed by atoms with Crippen LogP contribution in [0, 0.1) is 11.6 Å². The van der Waals surface area contributed by atoms with Crippen LogP contribution in [0.5, 0.6) is 0 Å². The van der Waals surface area contributed by atoms with Gasteiger partial charge in [0.25, 0.3) is 0 Å². The van der Waals surface area contributed by atoms with Crippen molar-refractivity contribution in [2.75, 3.05) is 5.32 Å². The van der Waals surface area contributed by atoms with Gasteiger partial charge >= 0.3 is 0 Å². The number of hydrogen-bond acceptors (Lipinski definition) is 1. The molecule has 0 saturated carbocycles. The van der Waals surface area contributed by atoms with E-state index in [-0.39, 0.29) is 17.0 Å². The highest BCUT2D eigenvalue weighted by Gasteiger charge is 2.12. The lowest BCUT2D eigenvalue weighted by Crippen LogP contribution is -2.15. The van der Waals surface area contributed by atoms with Crippen LogP contribution in [0.1, 0.15) is 5.56 Å². The van der Waals surface area contributed by atoms with E-state index in [1.165, 1.54) is 36.4 Å². The molecule has 0 radical (unpaired) electrons. The Morgan fingerprint density at radius 2 is 1.95 bits per heavy atom. The molecule has 0 atom stereocenters. The number of carbonyl (C=O) groups is 1. The third-order valence-electron chi connectivity index (χ3n) is 2.60. The standard InChI is InChI=1S/C14H9BrClF2NO/c15-10-5-4-8(6-13(10)18)19-14(20)7-9-11(16)2-1-3-12(9)17/h1-6H,7H2,(H,19,20). The van der Waals surface area contributed by atoms with E-state index >= 15 is 0 Å². The molecule has 2 aromatic carbocycles. The average Bonchev–Trinajstić information content (AvgIpc) is 2.38. The third-order valence-corrected chi connectivity index (χ3v) is 3.60. The molecule has 0 aliphatic heterocycles. The van der Waals surface area contributed by atoms with E-state index < -0.39 is 17.5 Å². The summed E-state index contributed by atoms with van der Waals surface area (Å²) < 4.78 is 27.1. The zero-order valence-corrected chi connectivity index (χ0v) is 12.4. The molecule has 1 N–H and O–H groups in total. The number of rotatable bonds is 3. The summed E-state index contributed by atoms with van der Waals surface area (Å²) in [5.41, 5.74) is 0.410.